The molecule has 1 heterocycles. The summed E-state index contributed by atoms with van der Waals surface area (Å²) in [5, 5.41) is 5.61. The van der Waals surface area contributed by atoms with Gasteiger partial charge < -0.3 is 10.6 Å². The summed E-state index contributed by atoms with van der Waals surface area (Å²) in [4.78, 5) is 26.8. The van der Waals surface area contributed by atoms with Crippen molar-refractivity contribution >= 4 is 11.8 Å². The highest BCUT2D eigenvalue weighted by Crippen LogP contribution is 2.50. The van der Waals surface area contributed by atoms with E-state index in [1.807, 2.05) is 4.90 Å². The highest BCUT2D eigenvalue weighted by Gasteiger charge is 2.64. The maximum absolute atomic E-state index is 13.0. The molecule has 0 aromatic heterocycles. The smallest absolute Gasteiger partial charge is 0.350 e. The highest BCUT2D eigenvalue weighted by atomic mass is 19.4. The zero-order chi connectivity index (χ0) is 21.2. The van der Waals surface area contributed by atoms with E-state index in [1.165, 1.54) is 12.8 Å². The monoisotopic (exact) mass is 427 g/mol. The van der Waals surface area contributed by atoms with E-state index in [-0.39, 0.29) is 42.2 Å². The van der Waals surface area contributed by atoms with Crippen LogP contribution in [0.25, 0.3) is 0 Å². The number of amides is 2. The zero-order valence-corrected chi connectivity index (χ0v) is 17.5. The van der Waals surface area contributed by atoms with Gasteiger partial charge >= 0.3 is 6.18 Å². The molecule has 5 rings (SSSR count). The Hall–Kier alpha value is -1.31. The fraction of sp³-hybridized carbons (Fsp3) is 0.909. The number of alkyl halides is 3. The summed E-state index contributed by atoms with van der Waals surface area (Å²) < 4.78 is 39.0. The van der Waals surface area contributed by atoms with Gasteiger partial charge in [-0.3, -0.25) is 14.5 Å². The van der Waals surface area contributed by atoms with Gasteiger partial charge in [-0.1, -0.05) is 0 Å². The number of carbonyl (C=O) groups is 2. The number of nitrogens with zero attached hydrogens (tertiary/aromatic N) is 1. The summed E-state index contributed by atoms with van der Waals surface area (Å²) in [6.07, 6.45) is 5.21. The Balaban J connectivity index is 1.05. The van der Waals surface area contributed by atoms with Crippen molar-refractivity contribution in [3.05, 3.63) is 0 Å². The van der Waals surface area contributed by atoms with Gasteiger partial charge in [-0.15, -0.1) is 0 Å². The van der Waals surface area contributed by atoms with Gasteiger partial charge in [-0.25, -0.2) is 0 Å². The lowest BCUT2D eigenvalue weighted by atomic mass is 9.65. The number of hydrogen-bond donors (Lipinski definition) is 2. The lowest BCUT2D eigenvalue weighted by Gasteiger charge is -2.53. The quantitative estimate of drug-likeness (QED) is 0.709. The van der Waals surface area contributed by atoms with Crippen molar-refractivity contribution in [3.63, 3.8) is 0 Å². The molecule has 168 valence electrons. The summed E-state index contributed by atoms with van der Waals surface area (Å²) in [6.45, 7) is 1.53. The molecule has 0 atom stereocenters. The first-order valence-electron chi connectivity index (χ1n) is 11.5. The third-order valence-electron chi connectivity index (χ3n) is 8.70. The number of hydrogen-bond acceptors (Lipinski definition) is 3. The third kappa shape index (κ3) is 3.63. The number of fused-ring (bicyclic) bond motifs is 2. The van der Waals surface area contributed by atoms with Crippen LogP contribution in [0.15, 0.2) is 0 Å². The van der Waals surface area contributed by atoms with Crippen molar-refractivity contribution < 1.29 is 22.8 Å². The topological polar surface area (TPSA) is 61.4 Å². The number of halogens is 3. The normalized spacial score (nSPS) is 34.6. The Labute approximate surface area is 175 Å². The Kier molecular flexibility index (Phi) is 4.70. The second-order valence-electron chi connectivity index (χ2n) is 11.0. The van der Waals surface area contributed by atoms with Gasteiger partial charge in [0.05, 0.1) is 6.54 Å². The fourth-order valence-corrected chi connectivity index (χ4v) is 6.67. The second kappa shape index (κ2) is 6.84. The van der Waals surface area contributed by atoms with E-state index in [2.05, 4.69) is 10.6 Å². The molecule has 4 saturated carbocycles. The predicted molar refractivity (Wildman–Crippen MR) is 104 cm³/mol. The summed E-state index contributed by atoms with van der Waals surface area (Å²) >= 11 is 0. The van der Waals surface area contributed by atoms with Crippen LogP contribution in [0, 0.1) is 17.3 Å². The molecule has 1 saturated heterocycles. The van der Waals surface area contributed by atoms with Gasteiger partial charge in [0.25, 0.3) is 0 Å². The minimum Gasteiger partial charge on any atom is -0.350 e. The molecular formula is C22H32F3N3O2. The maximum Gasteiger partial charge on any atom is 0.411 e. The molecular weight excluding hydrogens is 395 g/mol. The van der Waals surface area contributed by atoms with Crippen molar-refractivity contribution in [3.8, 4) is 0 Å². The van der Waals surface area contributed by atoms with Crippen molar-refractivity contribution in [2.24, 2.45) is 17.3 Å². The molecule has 4 aliphatic carbocycles. The Morgan fingerprint density at radius 3 is 2.03 bits per heavy atom. The Morgan fingerprint density at radius 2 is 1.53 bits per heavy atom. The largest absolute Gasteiger partial charge is 0.411 e. The molecule has 2 N–H and O–H groups in total. The zero-order valence-electron chi connectivity index (χ0n) is 17.5. The van der Waals surface area contributed by atoms with Crippen molar-refractivity contribution in [2.45, 2.75) is 87.9 Å². The van der Waals surface area contributed by atoms with E-state index in [0.717, 1.165) is 64.0 Å². The van der Waals surface area contributed by atoms with E-state index >= 15 is 0 Å². The fourth-order valence-electron chi connectivity index (χ4n) is 6.67. The Morgan fingerprint density at radius 1 is 0.900 bits per heavy atom. The van der Waals surface area contributed by atoms with Crippen molar-refractivity contribution in [1.82, 2.24) is 15.5 Å². The molecule has 2 amide bonds. The van der Waals surface area contributed by atoms with E-state index in [1.54, 1.807) is 0 Å². The molecule has 0 radical (unpaired) electrons. The molecule has 5 aliphatic rings. The molecule has 2 bridgehead atoms. The molecule has 1 aliphatic heterocycles. The third-order valence-corrected chi connectivity index (χ3v) is 8.70. The minimum absolute atomic E-state index is 0.0163. The standard InChI is InChI=1S/C22H32F3N3O2/c23-22(24,25)21(9-10-21)26-17(29)12-28-13-19(14-28)5-3-16(4-6-19)18(30)27-20-7-1-15(11-20)2-8-20/h15-16H,1-14H2,(H,26,29)(H,27,30). The van der Waals surface area contributed by atoms with E-state index < -0.39 is 17.6 Å². The van der Waals surface area contributed by atoms with Crippen LogP contribution >= 0.6 is 0 Å². The average Bonchev–Trinajstić information content (AvgIpc) is 3.19. The van der Waals surface area contributed by atoms with Gasteiger partial charge in [-0.2, -0.15) is 13.2 Å². The highest BCUT2D eigenvalue weighted by molar-refractivity contribution is 5.80. The Bertz CT molecular complexity index is 702. The van der Waals surface area contributed by atoms with Gasteiger partial charge in [0, 0.05) is 24.5 Å². The first kappa shape index (κ1) is 20.6. The van der Waals surface area contributed by atoms with E-state index in [9.17, 15) is 22.8 Å². The van der Waals surface area contributed by atoms with E-state index in [0.29, 0.717) is 0 Å². The SMILES string of the molecule is O=C(CN1CC2(CCC(C(=O)NC34CCC(CC3)C4)CC2)C1)NC1(C(F)(F)F)CC1. The molecule has 30 heavy (non-hydrogen) atoms. The summed E-state index contributed by atoms with van der Waals surface area (Å²) in [5.41, 5.74) is -1.76. The molecule has 0 aromatic rings. The van der Waals surface area contributed by atoms with Crippen LogP contribution < -0.4 is 10.6 Å². The molecule has 1 spiro atoms. The first-order chi connectivity index (χ1) is 14.1. The van der Waals surface area contributed by atoms with Crippen LogP contribution in [0.2, 0.25) is 0 Å². The molecule has 0 unspecified atom stereocenters. The van der Waals surface area contributed by atoms with Crippen LogP contribution in [0.3, 0.4) is 0 Å². The lowest BCUT2D eigenvalue weighted by Crippen LogP contribution is -2.61. The van der Waals surface area contributed by atoms with Crippen LogP contribution in [0.5, 0.6) is 0 Å². The van der Waals surface area contributed by atoms with E-state index in [4.69, 9.17) is 0 Å². The van der Waals surface area contributed by atoms with Gasteiger partial charge in [0.15, 0.2) is 0 Å². The van der Waals surface area contributed by atoms with Crippen molar-refractivity contribution in [2.75, 3.05) is 19.6 Å². The number of likely N-dealkylation sites (tertiary alicyclic amines) is 1. The maximum atomic E-state index is 13.0. The van der Waals surface area contributed by atoms with Crippen LogP contribution in [-0.4, -0.2) is 53.6 Å². The van der Waals surface area contributed by atoms with Gasteiger partial charge in [0.1, 0.15) is 5.54 Å². The molecule has 5 fully saturated rings. The van der Waals surface area contributed by atoms with Crippen LogP contribution in [0.1, 0.15) is 70.6 Å². The van der Waals surface area contributed by atoms with Gasteiger partial charge in [-0.05, 0) is 82.0 Å². The predicted octanol–water partition coefficient (Wildman–Crippen LogP) is 3.14. The van der Waals surface area contributed by atoms with Crippen molar-refractivity contribution in [1.29, 1.82) is 0 Å². The number of nitrogens with one attached hydrogen (secondary N) is 2. The molecule has 5 nitrogen and oxygen atoms in total. The second-order valence-corrected chi connectivity index (χ2v) is 11.0. The summed E-state index contributed by atoms with van der Waals surface area (Å²) in [6, 6.07) is 0. The average molecular weight is 428 g/mol. The lowest BCUT2D eigenvalue weighted by molar-refractivity contribution is -0.171. The summed E-state index contributed by atoms with van der Waals surface area (Å²) in [5.74, 6) is 0.593. The first-order valence-corrected chi connectivity index (χ1v) is 11.5. The summed E-state index contributed by atoms with van der Waals surface area (Å²) in [7, 11) is 0. The van der Waals surface area contributed by atoms with Crippen LogP contribution in [0.4, 0.5) is 13.2 Å². The number of rotatable bonds is 5. The minimum atomic E-state index is -4.37. The van der Waals surface area contributed by atoms with Gasteiger partial charge in [0.2, 0.25) is 11.8 Å². The van der Waals surface area contributed by atoms with Crippen LogP contribution in [-0.2, 0) is 9.59 Å². The molecule has 8 heteroatoms. The number of carbonyl (C=O) groups excluding carboxylic acids is 2. The molecule has 0 aromatic carbocycles.